The first kappa shape index (κ1) is 41.4. The first-order chi connectivity index (χ1) is 25.2. The van der Waals surface area contributed by atoms with Crippen LogP contribution in [0.15, 0.2) is 41.2 Å². The summed E-state index contributed by atoms with van der Waals surface area (Å²) in [5.74, 6) is -1.78. The van der Waals surface area contributed by atoms with Crippen molar-refractivity contribution >= 4 is 35.0 Å². The summed E-state index contributed by atoms with van der Waals surface area (Å²) in [5, 5.41) is 22.6. The van der Waals surface area contributed by atoms with Gasteiger partial charge in [-0.25, -0.2) is 4.98 Å². The third-order valence-corrected chi connectivity index (χ3v) is 11.1. The number of carbonyl (C=O) groups excluding carboxylic acids is 4. The zero-order valence-corrected chi connectivity index (χ0v) is 32.0. The molecular formula is C40H61N5O6S. The maximum Gasteiger partial charge on any atom is 0.243 e. The number of nitrogens with zero attached hydrogens (tertiary/aromatic N) is 2. The minimum absolute atomic E-state index is 0.00728. The number of nitrogens with one attached hydrogen (secondary N) is 3. The van der Waals surface area contributed by atoms with Crippen LogP contribution in [0.2, 0.25) is 0 Å². The summed E-state index contributed by atoms with van der Waals surface area (Å²) in [6.45, 7) is 6.48. The van der Waals surface area contributed by atoms with Gasteiger partial charge in [0.2, 0.25) is 23.6 Å². The predicted molar refractivity (Wildman–Crippen MR) is 203 cm³/mol. The van der Waals surface area contributed by atoms with Gasteiger partial charge >= 0.3 is 0 Å². The highest BCUT2D eigenvalue weighted by atomic mass is 32.1. The van der Waals surface area contributed by atoms with E-state index in [-0.39, 0.29) is 37.0 Å². The molecule has 0 bridgehead atoms. The van der Waals surface area contributed by atoms with Crippen LogP contribution in [0, 0.1) is 17.8 Å². The zero-order chi connectivity index (χ0) is 37.1. The molecule has 4 N–H and O–H groups in total. The van der Waals surface area contributed by atoms with E-state index in [9.17, 15) is 24.3 Å². The fourth-order valence-electron chi connectivity index (χ4n) is 7.30. The molecule has 4 rings (SSSR count). The summed E-state index contributed by atoms with van der Waals surface area (Å²) in [7, 11) is 0. The average molecular weight is 740 g/mol. The Morgan fingerprint density at radius 3 is 2.40 bits per heavy atom. The fraction of sp³-hybridized carbons (Fsp3) is 0.675. The second kappa shape index (κ2) is 22.7. The van der Waals surface area contributed by atoms with Crippen LogP contribution >= 0.6 is 11.3 Å². The number of aromatic nitrogens is 1. The Balaban J connectivity index is 1.48. The van der Waals surface area contributed by atoms with Crippen molar-refractivity contribution in [3.05, 3.63) is 52.5 Å². The van der Waals surface area contributed by atoms with Gasteiger partial charge in [0.05, 0.1) is 42.5 Å². The molecule has 1 aliphatic heterocycles. The minimum atomic E-state index is -0.976. The first-order valence-corrected chi connectivity index (χ1v) is 20.5. The molecular weight excluding hydrogens is 679 g/mol. The smallest absolute Gasteiger partial charge is 0.243 e. The monoisotopic (exact) mass is 739 g/mol. The molecule has 1 aromatic heterocycles. The molecule has 1 aromatic carbocycles. The van der Waals surface area contributed by atoms with Crippen molar-refractivity contribution in [2.75, 3.05) is 32.8 Å². The van der Waals surface area contributed by atoms with Crippen molar-refractivity contribution in [2.45, 2.75) is 122 Å². The summed E-state index contributed by atoms with van der Waals surface area (Å²) in [6, 6.07) is 8.02. The summed E-state index contributed by atoms with van der Waals surface area (Å²) in [4.78, 5) is 60.8. The van der Waals surface area contributed by atoms with E-state index in [1.54, 1.807) is 10.4 Å². The van der Waals surface area contributed by atoms with Crippen molar-refractivity contribution in [2.24, 2.45) is 17.8 Å². The lowest BCUT2D eigenvalue weighted by molar-refractivity contribution is -0.140. The van der Waals surface area contributed by atoms with Gasteiger partial charge in [-0.15, -0.1) is 11.3 Å². The van der Waals surface area contributed by atoms with Gasteiger partial charge in [0, 0.05) is 43.8 Å². The molecule has 288 valence electrons. The first-order valence-electron chi connectivity index (χ1n) is 19.6. The summed E-state index contributed by atoms with van der Waals surface area (Å²) >= 11 is 1.41. The molecule has 0 radical (unpaired) electrons. The highest BCUT2D eigenvalue weighted by molar-refractivity contribution is 7.07. The van der Waals surface area contributed by atoms with E-state index in [0.29, 0.717) is 57.3 Å². The molecule has 2 aromatic rings. The van der Waals surface area contributed by atoms with Crippen LogP contribution in [-0.2, 0) is 36.8 Å². The molecule has 4 amide bonds. The quantitative estimate of drug-likeness (QED) is 0.134. The molecule has 11 nitrogen and oxygen atoms in total. The number of amides is 4. The Morgan fingerprint density at radius 2 is 1.71 bits per heavy atom. The maximum absolute atomic E-state index is 14.2. The Bertz CT molecular complexity index is 1350. The Hall–Kier alpha value is -3.35. The van der Waals surface area contributed by atoms with Crippen molar-refractivity contribution in [3.8, 4) is 0 Å². The number of unbranched alkanes of at least 4 members (excludes halogenated alkanes) is 3. The zero-order valence-electron chi connectivity index (χ0n) is 31.2. The number of aliphatic hydroxyl groups excluding tert-OH is 1. The van der Waals surface area contributed by atoms with E-state index in [0.717, 1.165) is 56.9 Å². The lowest BCUT2D eigenvalue weighted by Crippen LogP contribution is -2.55. The van der Waals surface area contributed by atoms with Gasteiger partial charge in [-0.05, 0) is 37.2 Å². The molecule has 2 aliphatic rings. The van der Waals surface area contributed by atoms with Crippen molar-refractivity contribution in [3.63, 3.8) is 0 Å². The molecule has 2 heterocycles. The van der Waals surface area contributed by atoms with Crippen molar-refractivity contribution < 1.29 is 29.0 Å². The topological polar surface area (TPSA) is 150 Å². The summed E-state index contributed by atoms with van der Waals surface area (Å²) in [5.41, 5.74) is 3.28. The van der Waals surface area contributed by atoms with E-state index in [1.165, 1.54) is 17.8 Å². The Morgan fingerprint density at radius 1 is 0.962 bits per heavy atom. The Labute approximate surface area is 314 Å². The molecule has 52 heavy (non-hydrogen) atoms. The van der Waals surface area contributed by atoms with Gasteiger partial charge in [-0.1, -0.05) is 95.5 Å². The third-order valence-electron chi connectivity index (χ3n) is 10.5. The van der Waals surface area contributed by atoms with E-state index < -0.39 is 35.9 Å². The van der Waals surface area contributed by atoms with Crippen molar-refractivity contribution in [1.82, 2.24) is 25.8 Å². The van der Waals surface area contributed by atoms with Gasteiger partial charge in [0.15, 0.2) is 0 Å². The largest absolute Gasteiger partial charge is 0.391 e. The fourth-order valence-corrected chi connectivity index (χ4v) is 7.88. The minimum Gasteiger partial charge on any atom is -0.391 e. The van der Waals surface area contributed by atoms with E-state index >= 15 is 0 Å². The van der Waals surface area contributed by atoms with Crippen LogP contribution in [0.25, 0.3) is 0 Å². The second-order valence-electron chi connectivity index (χ2n) is 14.7. The normalized spacial score (nSPS) is 18.1. The van der Waals surface area contributed by atoms with Crippen LogP contribution < -0.4 is 16.0 Å². The van der Waals surface area contributed by atoms with E-state index in [4.69, 9.17) is 4.74 Å². The maximum atomic E-state index is 14.2. The van der Waals surface area contributed by atoms with Crippen LogP contribution in [-0.4, -0.2) is 89.7 Å². The molecule has 0 spiro atoms. The highest BCUT2D eigenvalue weighted by Crippen LogP contribution is 2.29. The van der Waals surface area contributed by atoms with Gasteiger partial charge < -0.3 is 30.7 Å². The van der Waals surface area contributed by atoms with Crippen LogP contribution in [0.5, 0.6) is 0 Å². The van der Waals surface area contributed by atoms with Gasteiger partial charge in [0.1, 0.15) is 6.04 Å². The molecule has 2 fully saturated rings. The van der Waals surface area contributed by atoms with Crippen LogP contribution in [0.4, 0.5) is 0 Å². The molecule has 12 heteroatoms. The number of benzene rings is 1. The average Bonchev–Trinajstić information content (AvgIpc) is 3.68. The number of thiazole rings is 1. The SMILES string of the molecule is CCCCCCNC(=O)C(C)CC(O)C(CC1CCCCC1)NC(=O)[C@H](Cc1cscn1)NC(=O)C(CC(=O)N1CCOCC1)Cc1ccccc1. The molecule has 1 aliphatic carbocycles. The number of rotatable bonds is 21. The summed E-state index contributed by atoms with van der Waals surface area (Å²) in [6.07, 6.45) is 10.1. The highest BCUT2D eigenvalue weighted by Gasteiger charge is 2.34. The lowest BCUT2D eigenvalue weighted by atomic mass is 9.82. The van der Waals surface area contributed by atoms with Crippen molar-refractivity contribution in [1.29, 1.82) is 0 Å². The van der Waals surface area contributed by atoms with Gasteiger partial charge in [-0.3, -0.25) is 19.2 Å². The number of aliphatic hydroxyl groups is 1. The second-order valence-corrected chi connectivity index (χ2v) is 15.5. The number of hydrogen-bond acceptors (Lipinski definition) is 8. The van der Waals surface area contributed by atoms with Gasteiger partial charge in [0.25, 0.3) is 0 Å². The number of ether oxygens (including phenoxy) is 1. The number of carbonyl (C=O) groups is 4. The number of morpholine rings is 1. The molecule has 5 atom stereocenters. The molecule has 1 saturated heterocycles. The van der Waals surface area contributed by atoms with E-state index in [1.807, 2.05) is 42.6 Å². The van der Waals surface area contributed by atoms with Crippen LogP contribution in [0.3, 0.4) is 0 Å². The van der Waals surface area contributed by atoms with Crippen LogP contribution in [0.1, 0.15) is 102 Å². The lowest BCUT2D eigenvalue weighted by Gasteiger charge is -2.32. The van der Waals surface area contributed by atoms with Gasteiger partial charge in [-0.2, -0.15) is 0 Å². The standard InChI is InChI=1S/C40H61N5O6S/c1-3-4-5-12-17-41-38(48)29(2)22-36(46)34(24-31-15-10-7-11-16-31)43-40(50)35(26-33-27-52-28-42-33)44-39(49)32(23-30-13-8-6-9-14-30)25-37(47)45-18-20-51-21-19-45/h6,8-9,13-14,27-29,31-32,34-36,46H,3-5,7,10-12,15-26H2,1-2H3,(H,41,48)(H,43,50)(H,44,49)/t29?,32?,34?,35-,36?/m0/s1. The summed E-state index contributed by atoms with van der Waals surface area (Å²) < 4.78 is 5.42. The molecule has 1 saturated carbocycles. The van der Waals surface area contributed by atoms with E-state index in [2.05, 4.69) is 27.9 Å². The Kier molecular flexibility index (Phi) is 18.0. The number of hydrogen-bond donors (Lipinski definition) is 4. The predicted octanol–water partition coefficient (Wildman–Crippen LogP) is 4.82. The third kappa shape index (κ3) is 14.2. The molecule has 4 unspecified atom stereocenters.